The molecule has 2 aliphatic heterocycles. The molecule has 1 aromatic rings. The first-order valence-corrected chi connectivity index (χ1v) is 11.1. The van der Waals surface area contributed by atoms with Gasteiger partial charge < -0.3 is 10.2 Å². The number of urea groups is 1. The number of nitrogens with zero attached hydrogens (tertiary/aromatic N) is 3. The number of anilines is 1. The molecule has 0 unspecified atom stereocenters. The van der Waals surface area contributed by atoms with Crippen LogP contribution in [0.2, 0.25) is 0 Å². The minimum atomic E-state index is -3.19. The Morgan fingerprint density at radius 3 is 2.31 bits per heavy atom. The van der Waals surface area contributed by atoms with E-state index in [1.54, 1.807) is 4.90 Å². The molecule has 0 saturated carbocycles. The summed E-state index contributed by atoms with van der Waals surface area (Å²) in [6, 6.07) is 7.76. The highest BCUT2D eigenvalue weighted by molar-refractivity contribution is 7.88. The van der Waals surface area contributed by atoms with Gasteiger partial charge in [0.05, 0.1) is 6.26 Å². The van der Waals surface area contributed by atoms with Crippen LogP contribution in [0.15, 0.2) is 24.3 Å². The fourth-order valence-electron chi connectivity index (χ4n) is 3.56. The van der Waals surface area contributed by atoms with E-state index in [4.69, 9.17) is 0 Å². The SMILES string of the molecule is CS(=O)(=O)N1CCN(C(=O)Nc2ccccc2CN2CCCCC2)CC1. The lowest BCUT2D eigenvalue weighted by Crippen LogP contribution is -2.51. The first-order valence-electron chi connectivity index (χ1n) is 9.25. The summed E-state index contributed by atoms with van der Waals surface area (Å²) in [5.74, 6) is 0. The van der Waals surface area contributed by atoms with Crippen molar-refractivity contribution in [1.82, 2.24) is 14.1 Å². The van der Waals surface area contributed by atoms with Crippen LogP contribution in [-0.4, -0.2) is 74.1 Å². The molecule has 26 heavy (non-hydrogen) atoms. The molecule has 144 valence electrons. The molecular formula is C18H28N4O3S. The van der Waals surface area contributed by atoms with E-state index in [9.17, 15) is 13.2 Å². The molecule has 8 heteroatoms. The number of piperidine rings is 1. The molecule has 1 aromatic carbocycles. The van der Waals surface area contributed by atoms with Crippen molar-refractivity contribution >= 4 is 21.7 Å². The average molecular weight is 381 g/mol. The minimum Gasteiger partial charge on any atom is -0.322 e. The second-order valence-electron chi connectivity index (χ2n) is 7.07. The van der Waals surface area contributed by atoms with Gasteiger partial charge in [0.15, 0.2) is 0 Å². The molecule has 1 N–H and O–H groups in total. The predicted molar refractivity (Wildman–Crippen MR) is 103 cm³/mol. The van der Waals surface area contributed by atoms with Gasteiger partial charge in [-0.2, -0.15) is 4.31 Å². The predicted octanol–water partition coefficient (Wildman–Crippen LogP) is 1.78. The molecule has 2 amide bonds. The van der Waals surface area contributed by atoms with Crippen LogP contribution in [0, 0.1) is 0 Å². The van der Waals surface area contributed by atoms with Crippen molar-refractivity contribution in [2.75, 3.05) is 50.8 Å². The van der Waals surface area contributed by atoms with Gasteiger partial charge >= 0.3 is 6.03 Å². The van der Waals surface area contributed by atoms with Gasteiger partial charge in [0.1, 0.15) is 0 Å². The lowest BCUT2D eigenvalue weighted by molar-refractivity contribution is 0.184. The van der Waals surface area contributed by atoms with Crippen molar-refractivity contribution in [3.05, 3.63) is 29.8 Å². The van der Waals surface area contributed by atoms with Crippen molar-refractivity contribution in [2.24, 2.45) is 0 Å². The van der Waals surface area contributed by atoms with Gasteiger partial charge in [-0.3, -0.25) is 4.90 Å². The lowest BCUT2D eigenvalue weighted by Gasteiger charge is -2.33. The van der Waals surface area contributed by atoms with E-state index >= 15 is 0 Å². The molecule has 3 rings (SSSR count). The topological polar surface area (TPSA) is 73.0 Å². The number of hydrogen-bond acceptors (Lipinski definition) is 4. The third kappa shape index (κ3) is 4.96. The smallest absolute Gasteiger partial charge is 0.321 e. The maximum absolute atomic E-state index is 12.6. The van der Waals surface area contributed by atoms with Crippen LogP contribution < -0.4 is 5.32 Å². The summed E-state index contributed by atoms with van der Waals surface area (Å²) in [6.45, 7) is 4.58. The third-order valence-electron chi connectivity index (χ3n) is 5.10. The molecule has 2 aliphatic rings. The maximum atomic E-state index is 12.6. The summed E-state index contributed by atoms with van der Waals surface area (Å²) in [5.41, 5.74) is 1.96. The number of carbonyl (C=O) groups excluding carboxylic acids is 1. The Labute approximate surface area is 156 Å². The molecule has 0 aromatic heterocycles. The Balaban J connectivity index is 1.59. The Hall–Kier alpha value is -1.64. The number of carbonyl (C=O) groups is 1. The van der Waals surface area contributed by atoms with Crippen molar-refractivity contribution in [3.8, 4) is 0 Å². The van der Waals surface area contributed by atoms with Gasteiger partial charge in [-0.25, -0.2) is 13.2 Å². The largest absolute Gasteiger partial charge is 0.322 e. The zero-order chi connectivity index (χ0) is 18.6. The van der Waals surface area contributed by atoms with Gasteiger partial charge in [0.2, 0.25) is 10.0 Å². The minimum absolute atomic E-state index is 0.163. The number of para-hydroxylation sites is 1. The van der Waals surface area contributed by atoms with Gasteiger partial charge in [-0.05, 0) is 37.6 Å². The number of rotatable bonds is 4. The third-order valence-corrected chi connectivity index (χ3v) is 6.40. The quantitative estimate of drug-likeness (QED) is 0.864. The van der Waals surface area contributed by atoms with E-state index in [2.05, 4.69) is 16.3 Å². The van der Waals surface area contributed by atoms with Gasteiger partial charge in [0.25, 0.3) is 0 Å². The number of benzene rings is 1. The molecule has 2 heterocycles. The first kappa shape index (κ1) is 19.1. The van der Waals surface area contributed by atoms with E-state index in [0.717, 1.165) is 30.9 Å². The molecule has 7 nitrogen and oxygen atoms in total. The van der Waals surface area contributed by atoms with Crippen LogP contribution in [0.4, 0.5) is 10.5 Å². The second-order valence-corrected chi connectivity index (χ2v) is 9.06. The summed E-state index contributed by atoms with van der Waals surface area (Å²) >= 11 is 0. The number of piperazine rings is 1. The summed E-state index contributed by atoms with van der Waals surface area (Å²) in [7, 11) is -3.19. The molecular weight excluding hydrogens is 352 g/mol. The fraction of sp³-hybridized carbons (Fsp3) is 0.611. The van der Waals surface area contributed by atoms with Crippen molar-refractivity contribution in [3.63, 3.8) is 0 Å². The second kappa shape index (κ2) is 8.37. The summed E-state index contributed by atoms with van der Waals surface area (Å²) in [5, 5.41) is 3.02. The fourth-order valence-corrected chi connectivity index (χ4v) is 4.38. The zero-order valence-electron chi connectivity index (χ0n) is 15.4. The van der Waals surface area contributed by atoms with Crippen molar-refractivity contribution < 1.29 is 13.2 Å². The average Bonchev–Trinajstić information content (AvgIpc) is 2.63. The Morgan fingerprint density at radius 2 is 1.65 bits per heavy atom. The first-order chi connectivity index (χ1) is 12.4. The molecule has 0 spiro atoms. The molecule has 2 saturated heterocycles. The van der Waals surface area contributed by atoms with Crippen LogP contribution in [0.3, 0.4) is 0 Å². The molecule has 0 aliphatic carbocycles. The number of hydrogen-bond donors (Lipinski definition) is 1. The van der Waals surface area contributed by atoms with Gasteiger partial charge in [-0.1, -0.05) is 24.6 Å². The van der Waals surface area contributed by atoms with Crippen LogP contribution >= 0.6 is 0 Å². The van der Waals surface area contributed by atoms with Crippen molar-refractivity contribution in [1.29, 1.82) is 0 Å². The molecule has 0 atom stereocenters. The van der Waals surface area contributed by atoms with Crippen LogP contribution in [-0.2, 0) is 16.6 Å². The van der Waals surface area contributed by atoms with Gasteiger partial charge in [0, 0.05) is 38.4 Å². The Kier molecular flexibility index (Phi) is 6.16. The summed E-state index contributed by atoms with van der Waals surface area (Å²) < 4.78 is 24.6. The Bertz CT molecular complexity index is 724. The van der Waals surface area contributed by atoms with Crippen molar-refractivity contribution in [2.45, 2.75) is 25.8 Å². The standard InChI is InChI=1S/C18H28N4O3S/c1-26(24,25)22-13-11-21(12-14-22)18(23)19-17-8-4-3-7-16(17)15-20-9-5-2-6-10-20/h3-4,7-8H,2,5-6,9-15H2,1H3,(H,19,23). The number of likely N-dealkylation sites (tertiary alicyclic amines) is 1. The van der Waals surface area contributed by atoms with Crippen LogP contribution in [0.5, 0.6) is 0 Å². The summed E-state index contributed by atoms with van der Waals surface area (Å²) in [4.78, 5) is 16.7. The van der Waals surface area contributed by atoms with Crippen LogP contribution in [0.25, 0.3) is 0 Å². The molecule has 2 fully saturated rings. The monoisotopic (exact) mass is 380 g/mol. The molecule has 0 bridgehead atoms. The van der Waals surface area contributed by atoms with E-state index in [-0.39, 0.29) is 6.03 Å². The lowest BCUT2D eigenvalue weighted by atomic mass is 10.1. The highest BCUT2D eigenvalue weighted by Crippen LogP contribution is 2.20. The number of sulfonamides is 1. The van der Waals surface area contributed by atoms with E-state index in [1.807, 2.05) is 18.2 Å². The highest BCUT2D eigenvalue weighted by Gasteiger charge is 2.26. The highest BCUT2D eigenvalue weighted by atomic mass is 32.2. The normalized spacial score (nSPS) is 20.1. The number of amides is 2. The van der Waals surface area contributed by atoms with Crippen LogP contribution in [0.1, 0.15) is 24.8 Å². The van der Waals surface area contributed by atoms with E-state index < -0.39 is 10.0 Å². The maximum Gasteiger partial charge on any atom is 0.321 e. The zero-order valence-corrected chi connectivity index (χ0v) is 16.2. The van der Waals surface area contributed by atoms with E-state index in [1.165, 1.54) is 29.8 Å². The van der Waals surface area contributed by atoms with Gasteiger partial charge in [-0.15, -0.1) is 0 Å². The Morgan fingerprint density at radius 1 is 1.00 bits per heavy atom. The summed E-state index contributed by atoms with van der Waals surface area (Å²) in [6.07, 6.45) is 4.98. The molecule has 0 radical (unpaired) electrons. The van der Waals surface area contributed by atoms with E-state index in [0.29, 0.717) is 26.2 Å². The number of nitrogens with one attached hydrogen (secondary N) is 1.